The first-order valence-corrected chi connectivity index (χ1v) is 8.75. The highest BCUT2D eigenvalue weighted by Gasteiger charge is 2.56. The third kappa shape index (κ3) is 1.64. The van der Waals surface area contributed by atoms with Crippen molar-refractivity contribution in [3.05, 3.63) is 12.2 Å². The molecule has 110 valence electrons. The van der Waals surface area contributed by atoms with Gasteiger partial charge in [-0.05, 0) is 79.1 Å². The molecule has 0 N–H and O–H groups in total. The zero-order chi connectivity index (χ0) is 14.0. The second-order valence-electron chi connectivity index (χ2n) is 8.61. The molecule has 3 fully saturated rings. The number of carbonyl (C=O) groups excluding carboxylic acids is 1. The van der Waals surface area contributed by atoms with Crippen molar-refractivity contribution in [3.8, 4) is 0 Å². The van der Waals surface area contributed by atoms with Gasteiger partial charge in [0.15, 0.2) is 5.78 Å². The van der Waals surface area contributed by atoms with Crippen LogP contribution in [0.3, 0.4) is 0 Å². The second kappa shape index (κ2) is 4.21. The zero-order valence-corrected chi connectivity index (χ0v) is 13.0. The van der Waals surface area contributed by atoms with Crippen molar-refractivity contribution in [3.63, 3.8) is 0 Å². The van der Waals surface area contributed by atoms with Crippen molar-refractivity contribution in [2.45, 2.75) is 65.2 Å². The molecule has 0 spiro atoms. The van der Waals surface area contributed by atoms with E-state index >= 15 is 0 Å². The van der Waals surface area contributed by atoms with E-state index in [2.05, 4.69) is 19.9 Å². The molecular weight excluding hydrogens is 244 g/mol. The van der Waals surface area contributed by atoms with Crippen molar-refractivity contribution in [1.82, 2.24) is 0 Å². The quantitative estimate of drug-likeness (QED) is 0.621. The Morgan fingerprint density at radius 1 is 1.05 bits per heavy atom. The number of rotatable bonds is 0. The van der Waals surface area contributed by atoms with Crippen LogP contribution >= 0.6 is 0 Å². The fourth-order valence-corrected chi connectivity index (χ4v) is 6.63. The zero-order valence-electron chi connectivity index (χ0n) is 13.0. The molecule has 0 amide bonds. The SMILES string of the molecule is C[C@@]12CCC[C@H]1[C@@H]1CCC3CC(=O)C=C[C@]3(C)[C@H]1CC2. The highest BCUT2D eigenvalue weighted by Crippen LogP contribution is 2.64. The average Bonchev–Trinajstić information content (AvgIpc) is 2.81. The molecule has 1 unspecified atom stereocenters. The first kappa shape index (κ1) is 13.1. The molecule has 4 aliphatic carbocycles. The van der Waals surface area contributed by atoms with Gasteiger partial charge in [-0.2, -0.15) is 0 Å². The number of hydrogen-bond donors (Lipinski definition) is 0. The molecule has 0 bridgehead atoms. The fraction of sp³-hybridized carbons (Fsp3) is 0.842. The third-order valence-corrected chi connectivity index (χ3v) is 7.82. The van der Waals surface area contributed by atoms with Gasteiger partial charge in [-0.1, -0.05) is 26.3 Å². The lowest BCUT2D eigenvalue weighted by Crippen LogP contribution is -2.51. The van der Waals surface area contributed by atoms with Crippen molar-refractivity contribution in [1.29, 1.82) is 0 Å². The van der Waals surface area contributed by atoms with Gasteiger partial charge in [0.05, 0.1) is 0 Å². The Balaban J connectivity index is 1.68. The predicted molar refractivity (Wildman–Crippen MR) is 81.3 cm³/mol. The van der Waals surface area contributed by atoms with Crippen molar-refractivity contribution in [2.24, 2.45) is 34.5 Å². The van der Waals surface area contributed by atoms with E-state index in [4.69, 9.17) is 0 Å². The summed E-state index contributed by atoms with van der Waals surface area (Å²) in [6.07, 6.45) is 15.0. The molecular formula is C19H28O. The molecule has 0 aliphatic heterocycles. The van der Waals surface area contributed by atoms with Crippen LogP contribution in [-0.2, 0) is 4.79 Å². The molecule has 20 heavy (non-hydrogen) atoms. The van der Waals surface area contributed by atoms with Gasteiger partial charge in [-0.3, -0.25) is 4.79 Å². The Labute approximate surface area is 123 Å². The van der Waals surface area contributed by atoms with Gasteiger partial charge >= 0.3 is 0 Å². The average molecular weight is 272 g/mol. The summed E-state index contributed by atoms with van der Waals surface area (Å²) in [5.41, 5.74) is 0.972. The lowest BCUT2D eigenvalue weighted by atomic mass is 9.46. The van der Waals surface area contributed by atoms with E-state index in [0.29, 0.717) is 22.5 Å². The summed E-state index contributed by atoms with van der Waals surface area (Å²) in [4.78, 5) is 11.8. The summed E-state index contributed by atoms with van der Waals surface area (Å²) in [5.74, 6) is 3.77. The van der Waals surface area contributed by atoms with Crippen molar-refractivity contribution in [2.75, 3.05) is 0 Å². The van der Waals surface area contributed by atoms with Crippen LogP contribution in [0.2, 0.25) is 0 Å². The normalized spacial score (nSPS) is 54.2. The van der Waals surface area contributed by atoms with Gasteiger partial charge in [0, 0.05) is 6.42 Å². The van der Waals surface area contributed by atoms with Crippen molar-refractivity contribution < 1.29 is 4.79 Å². The first-order valence-electron chi connectivity index (χ1n) is 8.75. The number of ketones is 1. The van der Waals surface area contributed by atoms with Crippen LogP contribution in [0.5, 0.6) is 0 Å². The van der Waals surface area contributed by atoms with Crippen LogP contribution in [0.15, 0.2) is 12.2 Å². The predicted octanol–water partition coefficient (Wildman–Crippen LogP) is 4.76. The maximum atomic E-state index is 11.8. The van der Waals surface area contributed by atoms with Gasteiger partial charge in [0.1, 0.15) is 0 Å². The second-order valence-corrected chi connectivity index (χ2v) is 8.61. The molecule has 6 atom stereocenters. The topological polar surface area (TPSA) is 17.1 Å². The Morgan fingerprint density at radius 3 is 2.75 bits per heavy atom. The molecule has 3 saturated carbocycles. The maximum absolute atomic E-state index is 11.8. The van der Waals surface area contributed by atoms with Gasteiger partial charge in [0.2, 0.25) is 0 Å². The maximum Gasteiger partial charge on any atom is 0.155 e. The van der Waals surface area contributed by atoms with Crippen LogP contribution in [0.4, 0.5) is 0 Å². The minimum absolute atomic E-state index is 0.320. The summed E-state index contributed by atoms with van der Waals surface area (Å²) in [7, 11) is 0. The van der Waals surface area contributed by atoms with Crippen LogP contribution in [-0.4, -0.2) is 5.78 Å². The molecule has 0 aromatic heterocycles. The Hall–Kier alpha value is -0.590. The Morgan fingerprint density at radius 2 is 1.90 bits per heavy atom. The molecule has 1 heteroatoms. The minimum Gasteiger partial charge on any atom is -0.295 e. The standard InChI is InChI=1S/C19H28O/c1-18-9-3-4-16(18)15-6-5-13-12-14(20)7-11-19(13,2)17(15)8-10-18/h7,11,13,15-17H,3-6,8-10,12H2,1-2H3/t13?,15-,16-,17-,18-,19-/m0/s1. The molecule has 4 rings (SSSR count). The fourth-order valence-electron chi connectivity index (χ4n) is 6.63. The molecule has 0 saturated heterocycles. The summed E-state index contributed by atoms with van der Waals surface area (Å²) < 4.78 is 0. The highest BCUT2D eigenvalue weighted by molar-refractivity contribution is 5.91. The largest absolute Gasteiger partial charge is 0.295 e. The van der Waals surface area contributed by atoms with Crippen LogP contribution in [0, 0.1) is 34.5 Å². The van der Waals surface area contributed by atoms with E-state index in [1.807, 2.05) is 6.08 Å². The molecule has 0 radical (unpaired) electrons. The van der Waals surface area contributed by atoms with Gasteiger partial charge in [0.25, 0.3) is 0 Å². The van der Waals surface area contributed by atoms with Crippen LogP contribution in [0.25, 0.3) is 0 Å². The Bertz CT molecular complexity index is 464. The summed E-state index contributed by atoms with van der Waals surface area (Å²) >= 11 is 0. The van der Waals surface area contributed by atoms with E-state index in [1.54, 1.807) is 0 Å². The van der Waals surface area contributed by atoms with Crippen molar-refractivity contribution >= 4 is 5.78 Å². The summed E-state index contributed by atoms with van der Waals surface area (Å²) in [6, 6.07) is 0. The van der Waals surface area contributed by atoms with E-state index in [1.165, 1.54) is 44.9 Å². The number of allylic oxidation sites excluding steroid dienone is 2. The molecule has 4 aliphatic rings. The smallest absolute Gasteiger partial charge is 0.155 e. The number of hydrogen-bond acceptors (Lipinski definition) is 1. The van der Waals surface area contributed by atoms with Gasteiger partial charge < -0.3 is 0 Å². The third-order valence-electron chi connectivity index (χ3n) is 7.82. The van der Waals surface area contributed by atoms with E-state index in [9.17, 15) is 4.79 Å². The lowest BCUT2D eigenvalue weighted by Gasteiger charge is -2.58. The highest BCUT2D eigenvalue weighted by atomic mass is 16.1. The van der Waals surface area contributed by atoms with Gasteiger partial charge in [-0.15, -0.1) is 0 Å². The minimum atomic E-state index is 0.320. The van der Waals surface area contributed by atoms with Gasteiger partial charge in [-0.25, -0.2) is 0 Å². The first-order chi connectivity index (χ1) is 9.53. The van der Waals surface area contributed by atoms with Crippen LogP contribution < -0.4 is 0 Å². The van der Waals surface area contributed by atoms with E-state index in [0.717, 1.165) is 24.2 Å². The molecule has 0 heterocycles. The number of carbonyl (C=O) groups is 1. The Kier molecular flexibility index (Phi) is 2.76. The molecule has 0 aromatic rings. The molecule has 1 nitrogen and oxygen atoms in total. The van der Waals surface area contributed by atoms with E-state index < -0.39 is 0 Å². The lowest BCUT2D eigenvalue weighted by molar-refractivity contribution is -0.121. The molecule has 0 aromatic carbocycles. The summed E-state index contributed by atoms with van der Waals surface area (Å²) in [6.45, 7) is 5.03. The van der Waals surface area contributed by atoms with E-state index in [-0.39, 0.29) is 0 Å². The monoisotopic (exact) mass is 272 g/mol. The number of fused-ring (bicyclic) bond motifs is 5. The van der Waals surface area contributed by atoms with Crippen LogP contribution in [0.1, 0.15) is 65.2 Å². The summed E-state index contributed by atoms with van der Waals surface area (Å²) in [5, 5.41) is 0.